The molecule has 222 valence electrons. The van der Waals surface area contributed by atoms with E-state index < -0.39 is 10.0 Å². The molecule has 2 aromatic carbocycles. The van der Waals surface area contributed by atoms with E-state index in [-0.39, 0.29) is 22.7 Å². The summed E-state index contributed by atoms with van der Waals surface area (Å²) in [7, 11) is 3.88. The number of carbonyl (C=O) groups is 1. The summed E-state index contributed by atoms with van der Waals surface area (Å²) in [5, 5.41) is 10.1. The molecular formula is C28H33ClN8O4S. The molecule has 0 spiro atoms. The SMILES string of the molecule is C=CC(=O)Nc1cc(Nc2ncc(Cl)c(Nc3cccc4ccn(S(C)(=O)=O)c34)n2)c(OC)cc1N(C)CCN(C)C. The second kappa shape index (κ2) is 12.7. The number of benzene rings is 2. The Morgan fingerprint density at radius 3 is 2.55 bits per heavy atom. The third-order valence-corrected chi connectivity index (χ3v) is 7.63. The number of likely N-dealkylation sites (N-methyl/N-ethyl adjacent to an activating group) is 2. The van der Waals surface area contributed by atoms with Crippen LogP contribution >= 0.6 is 11.6 Å². The van der Waals surface area contributed by atoms with Crippen molar-refractivity contribution in [2.24, 2.45) is 0 Å². The van der Waals surface area contributed by atoms with E-state index in [1.807, 2.05) is 38.2 Å². The van der Waals surface area contributed by atoms with Crippen molar-refractivity contribution in [3.8, 4) is 5.75 Å². The molecule has 4 aromatic rings. The number of anilines is 6. The maximum Gasteiger partial charge on any atom is 0.247 e. The highest BCUT2D eigenvalue weighted by atomic mass is 35.5. The fourth-order valence-electron chi connectivity index (χ4n) is 4.21. The van der Waals surface area contributed by atoms with E-state index in [4.69, 9.17) is 16.3 Å². The first-order chi connectivity index (χ1) is 19.9. The van der Waals surface area contributed by atoms with Crippen LogP contribution in [0.3, 0.4) is 0 Å². The lowest BCUT2D eigenvalue weighted by molar-refractivity contribution is -0.111. The number of hydrogen-bond donors (Lipinski definition) is 3. The molecule has 0 radical (unpaired) electrons. The summed E-state index contributed by atoms with van der Waals surface area (Å²) in [5.41, 5.74) is 2.72. The van der Waals surface area contributed by atoms with Crippen LogP contribution in [-0.4, -0.2) is 80.8 Å². The zero-order valence-corrected chi connectivity index (χ0v) is 25.5. The zero-order valence-electron chi connectivity index (χ0n) is 24.0. The molecule has 12 nitrogen and oxygen atoms in total. The molecule has 0 aliphatic carbocycles. The summed E-state index contributed by atoms with van der Waals surface area (Å²) in [5.74, 6) is 0.556. The van der Waals surface area contributed by atoms with Gasteiger partial charge in [-0.05, 0) is 38.4 Å². The summed E-state index contributed by atoms with van der Waals surface area (Å²) < 4.78 is 31.6. The molecule has 0 atom stereocenters. The number of nitrogens with zero attached hydrogens (tertiary/aromatic N) is 5. The summed E-state index contributed by atoms with van der Waals surface area (Å²) in [6.07, 6.45) is 5.25. The molecule has 14 heteroatoms. The third-order valence-electron chi connectivity index (χ3n) is 6.33. The number of halogens is 1. The van der Waals surface area contributed by atoms with Gasteiger partial charge >= 0.3 is 0 Å². The Kier molecular flexibility index (Phi) is 9.24. The van der Waals surface area contributed by atoms with Crippen LogP contribution in [0.15, 0.2) is 61.4 Å². The summed E-state index contributed by atoms with van der Waals surface area (Å²) in [4.78, 5) is 25.2. The number of aromatic nitrogens is 3. The topological polar surface area (TPSA) is 134 Å². The van der Waals surface area contributed by atoms with Crippen molar-refractivity contribution in [2.75, 3.05) is 68.4 Å². The second-order valence-corrected chi connectivity index (χ2v) is 12.0. The van der Waals surface area contributed by atoms with Gasteiger partial charge in [0.05, 0.1) is 47.8 Å². The van der Waals surface area contributed by atoms with Gasteiger partial charge in [0.15, 0.2) is 5.82 Å². The standard InChI is InChI=1S/C28H33ClN8O4S/c1-7-25(38)31-21-15-22(24(41-5)16-23(21)36(4)14-13-35(2)3)33-28-30-17-19(29)27(34-28)32-20-10-8-9-18-11-12-37(26(18)20)42(6,39)40/h7-12,15-17H,1,13-14H2,2-6H3,(H,31,38)(H2,30,32,33,34). The molecule has 0 saturated heterocycles. The quantitative estimate of drug-likeness (QED) is 0.196. The molecule has 42 heavy (non-hydrogen) atoms. The highest BCUT2D eigenvalue weighted by molar-refractivity contribution is 7.89. The number of fused-ring (bicyclic) bond motifs is 1. The third kappa shape index (κ3) is 6.93. The Bertz CT molecular complexity index is 1740. The van der Waals surface area contributed by atoms with Gasteiger partial charge in [-0.1, -0.05) is 30.3 Å². The van der Waals surface area contributed by atoms with Gasteiger partial charge in [-0.3, -0.25) is 4.79 Å². The lowest BCUT2D eigenvalue weighted by Gasteiger charge is -2.26. The predicted octanol–water partition coefficient (Wildman–Crippen LogP) is 4.51. The number of amides is 1. The Morgan fingerprint density at radius 2 is 1.88 bits per heavy atom. The van der Waals surface area contributed by atoms with E-state index in [1.165, 1.54) is 22.4 Å². The first kappa shape index (κ1) is 30.6. The summed E-state index contributed by atoms with van der Waals surface area (Å²) in [6, 6.07) is 10.6. The molecule has 0 saturated carbocycles. The van der Waals surface area contributed by atoms with E-state index in [9.17, 15) is 13.2 Å². The van der Waals surface area contributed by atoms with Gasteiger partial charge in [0.25, 0.3) is 0 Å². The highest BCUT2D eigenvalue weighted by Gasteiger charge is 2.18. The normalized spacial score (nSPS) is 11.4. The van der Waals surface area contributed by atoms with E-state index in [1.54, 1.807) is 31.4 Å². The van der Waals surface area contributed by atoms with Gasteiger partial charge in [-0.15, -0.1) is 0 Å². The minimum atomic E-state index is -3.56. The lowest BCUT2D eigenvalue weighted by Crippen LogP contribution is -2.29. The van der Waals surface area contributed by atoms with E-state index in [2.05, 4.69) is 37.4 Å². The van der Waals surface area contributed by atoms with Gasteiger partial charge in [0.1, 0.15) is 10.8 Å². The van der Waals surface area contributed by atoms with Crippen LogP contribution in [-0.2, 0) is 14.8 Å². The second-order valence-electron chi connectivity index (χ2n) is 9.75. The molecular weight excluding hydrogens is 580 g/mol. The van der Waals surface area contributed by atoms with Crippen LogP contribution in [0.25, 0.3) is 10.9 Å². The van der Waals surface area contributed by atoms with Crippen LogP contribution < -0.4 is 25.6 Å². The zero-order chi connectivity index (χ0) is 30.6. The molecule has 0 aliphatic rings. The van der Waals surface area contributed by atoms with Crippen molar-refractivity contribution in [1.29, 1.82) is 0 Å². The first-order valence-electron chi connectivity index (χ1n) is 12.8. The van der Waals surface area contributed by atoms with Crippen LogP contribution in [0.1, 0.15) is 0 Å². The first-order valence-corrected chi connectivity index (χ1v) is 15.0. The van der Waals surface area contributed by atoms with Gasteiger partial charge < -0.3 is 30.5 Å². The molecule has 0 fully saturated rings. The van der Waals surface area contributed by atoms with Crippen molar-refractivity contribution >= 4 is 73.0 Å². The minimum Gasteiger partial charge on any atom is -0.494 e. The fraction of sp³-hybridized carbons (Fsp3) is 0.250. The van der Waals surface area contributed by atoms with Crippen molar-refractivity contribution in [1.82, 2.24) is 18.8 Å². The number of para-hydroxylation sites is 1. The number of rotatable bonds is 12. The maximum absolute atomic E-state index is 12.4. The number of carbonyl (C=O) groups excluding carboxylic acids is 1. The van der Waals surface area contributed by atoms with Gasteiger partial charge in [0.2, 0.25) is 21.9 Å². The largest absolute Gasteiger partial charge is 0.494 e. The van der Waals surface area contributed by atoms with Crippen molar-refractivity contribution in [3.05, 3.63) is 66.5 Å². The molecule has 2 aromatic heterocycles. The minimum absolute atomic E-state index is 0.181. The molecule has 2 heterocycles. The van der Waals surface area contributed by atoms with Gasteiger partial charge in [-0.25, -0.2) is 17.4 Å². The van der Waals surface area contributed by atoms with Crippen LogP contribution in [0, 0.1) is 0 Å². The lowest BCUT2D eigenvalue weighted by atomic mass is 10.2. The Labute approximate surface area is 250 Å². The van der Waals surface area contributed by atoms with E-state index >= 15 is 0 Å². The van der Waals surface area contributed by atoms with Crippen molar-refractivity contribution in [3.63, 3.8) is 0 Å². The maximum atomic E-state index is 12.4. The number of hydrogen-bond acceptors (Lipinski definition) is 10. The average Bonchev–Trinajstić information content (AvgIpc) is 3.40. The van der Waals surface area contributed by atoms with E-state index in [0.717, 1.165) is 23.9 Å². The van der Waals surface area contributed by atoms with E-state index in [0.29, 0.717) is 34.9 Å². The molecule has 0 unspecified atom stereocenters. The monoisotopic (exact) mass is 612 g/mol. The molecule has 0 bridgehead atoms. The Balaban J connectivity index is 1.71. The van der Waals surface area contributed by atoms with Crippen molar-refractivity contribution < 1.29 is 17.9 Å². The Morgan fingerprint density at radius 1 is 1.12 bits per heavy atom. The van der Waals surface area contributed by atoms with Crippen LogP contribution in [0.5, 0.6) is 5.75 Å². The number of methoxy groups -OCH3 is 1. The van der Waals surface area contributed by atoms with Gasteiger partial charge in [0, 0.05) is 37.8 Å². The van der Waals surface area contributed by atoms with Gasteiger partial charge in [-0.2, -0.15) is 4.98 Å². The number of nitrogens with one attached hydrogen (secondary N) is 3. The van der Waals surface area contributed by atoms with Crippen LogP contribution in [0.4, 0.5) is 34.5 Å². The summed E-state index contributed by atoms with van der Waals surface area (Å²) in [6.45, 7) is 5.05. The molecule has 4 rings (SSSR count). The van der Waals surface area contributed by atoms with Crippen molar-refractivity contribution in [2.45, 2.75) is 0 Å². The predicted molar refractivity (Wildman–Crippen MR) is 169 cm³/mol. The number of ether oxygens (including phenoxy) is 1. The summed E-state index contributed by atoms with van der Waals surface area (Å²) >= 11 is 6.44. The highest BCUT2D eigenvalue weighted by Crippen LogP contribution is 2.38. The molecule has 0 aliphatic heterocycles. The molecule has 1 amide bonds. The smallest absolute Gasteiger partial charge is 0.247 e. The van der Waals surface area contributed by atoms with Crippen LogP contribution in [0.2, 0.25) is 5.02 Å². The fourth-order valence-corrected chi connectivity index (χ4v) is 5.17. The Hall–Kier alpha value is -4.33. The molecule has 3 N–H and O–H groups in total. The average molecular weight is 613 g/mol.